The highest BCUT2D eigenvalue weighted by molar-refractivity contribution is 6.01. The number of benzene rings is 2. The van der Waals surface area contributed by atoms with E-state index in [1.807, 2.05) is 24.3 Å². The lowest BCUT2D eigenvalue weighted by Crippen LogP contribution is -2.32. The SMILES string of the molecule is COc1cccc(CNC(=O)[C@H]2CC(=O)N(c3cccc(NC(C)=O)c3)C2)c1. The molecule has 28 heavy (non-hydrogen) atoms. The van der Waals surface area contributed by atoms with Crippen molar-refractivity contribution < 1.29 is 19.1 Å². The summed E-state index contributed by atoms with van der Waals surface area (Å²) in [5.41, 5.74) is 2.21. The molecular weight excluding hydrogens is 358 g/mol. The topological polar surface area (TPSA) is 87.7 Å². The molecule has 1 heterocycles. The number of carbonyl (C=O) groups is 3. The third kappa shape index (κ3) is 4.68. The summed E-state index contributed by atoms with van der Waals surface area (Å²) in [6.45, 7) is 2.11. The van der Waals surface area contributed by atoms with Crippen LogP contribution in [0, 0.1) is 5.92 Å². The Morgan fingerprint density at radius 3 is 2.71 bits per heavy atom. The highest BCUT2D eigenvalue weighted by atomic mass is 16.5. The highest BCUT2D eigenvalue weighted by Crippen LogP contribution is 2.27. The van der Waals surface area contributed by atoms with Crippen LogP contribution >= 0.6 is 0 Å². The smallest absolute Gasteiger partial charge is 0.227 e. The van der Waals surface area contributed by atoms with Crippen LogP contribution in [0.5, 0.6) is 5.75 Å². The maximum absolute atomic E-state index is 12.5. The van der Waals surface area contributed by atoms with Gasteiger partial charge in [0.25, 0.3) is 0 Å². The van der Waals surface area contributed by atoms with Gasteiger partial charge in [0.1, 0.15) is 5.75 Å². The molecule has 1 aliphatic rings. The van der Waals surface area contributed by atoms with Crippen LogP contribution in [0.3, 0.4) is 0 Å². The summed E-state index contributed by atoms with van der Waals surface area (Å²) in [4.78, 5) is 37.8. The molecule has 0 aliphatic carbocycles. The minimum absolute atomic E-state index is 0.110. The maximum atomic E-state index is 12.5. The second-order valence-electron chi connectivity index (χ2n) is 6.71. The van der Waals surface area contributed by atoms with Crippen molar-refractivity contribution in [1.82, 2.24) is 5.32 Å². The Hall–Kier alpha value is -3.35. The molecule has 3 rings (SSSR count). The van der Waals surface area contributed by atoms with E-state index in [4.69, 9.17) is 4.74 Å². The highest BCUT2D eigenvalue weighted by Gasteiger charge is 2.35. The molecule has 1 atom stereocenters. The van der Waals surface area contributed by atoms with E-state index in [0.29, 0.717) is 24.5 Å². The summed E-state index contributed by atoms with van der Waals surface area (Å²) >= 11 is 0. The lowest BCUT2D eigenvalue weighted by Gasteiger charge is -2.18. The number of carbonyl (C=O) groups excluding carboxylic acids is 3. The van der Waals surface area contributed by atoms with E-state index in [-0.39, 0.29) is 24.1 Å². The Balaban J connectivity index is 1.62. The molecule has 0 aromatic heterocycles. The van der Waals surface area contributed by atoms with Crippen molar-refractivity contribution in [1.29, 1.82) is 0 Å². The van der Waals surface area contributed by atoms with Crippen molar-refractivity contribution in [2.24, 2.45) is 5.92 Å². The molecule has 7 nitrogen and oxygen atoms in total. The average molecular weight is 381 g/mol. The summed E-state index contributed by atoms with van der Waals surface area (Å²) in [6.07, 6.45) is 0.161. The summed E-state index contributed by atoms with van der Waals surface area (Å²) < 4.78 is 5.18. The molecule has 1 fully saturated rings. The maximum Gasteiger partial charge on any atom is 0.227 e. The van der Waals surface area contributed by atoms with Gasteiger partial charge in [-0.05, 0) is 35.9 Å². The number of rotatable bonds is 6. The first-order chi connectivity index (χ1) is 13.5. The van der Waals surface area contributed by atoms with Crippen LogP contribution < -0.4 is 20.3 Å². The van der Waals surface area contributed by atoms with Crippen LogP contribution in [0.2, 0.25) is 0 Å². The van der Waals surface area contributed by atoms with E-state index in [9.17, 15) is 14.4 Å². The summed E-state index contributed by atoms with van der Waals surface area (Å²) in [5.74, 6) is -0.131. The van der Waals surface area contributed by atoms with Gasteiger partial charge in [0.2, 0.25) is 17.7 Å². The van der Waals surface area contributed by atoms with Gasteiger partial charge in [0.15, 0.2) is 0 Å². The van der Waals surface area contributed by atoms with Crippen LogP contribution in [0.4, 0.5) is 11.4 Å². The van der Waals surface area contributed by atoms with Gasteiger partial charge in [-0.3, -0.25) is 14.4 Å². The molecule has 0 bridgehead atoms. The molecule has 0 radical (unpaired) electrons. The number of nitrogens with one attached hydrogen (secondary N) is 2. The van der Waals surface area contributed by atoms with Crippen LogP contribution in [0.15, 0.2) is 48.5 Å². The Morgan fingerprint density at radius 2 is 1.96 bits per heavy atom. The molecule has 1 aliphatic heterocycles. The normalized spacial score (nSPS) is 16.0. The molecule has 2 N–H and O–H groups in total. The molecular formula is C21H23N3O4. The van der Waals surface area contributed by atoms with E-state index in [0.717, 1.165) is 11.3 Å². The van der Waals surface area contributed by atoms with E-state index in [2.05, 4.69) is 10.6 Å². The van der Waals surface area contributed by atoms with Gasteiger partial charge in [-0.25, -0.2) is 0 Å². The van der Waals surface area contributed by atoms with Crippen LogP contribution in [0.1, 0.15) is 18.9 Å². The first-order valence-corrected chi connectivity index (χ1v) is 9.05. The minimum Gasteiger partial charge on any atom is -0.497 e. The van der Waals surface area contributed by atoms with Crippen molar-refractivity contribution in [2.75, 3.05) is 23.9 Å². The van der Waals surface area contributed by atoms with Gasteiger partial charge in [-0.1, -0.05) is 18.2 Å². The molecule has 146 valence electrons. The Morgan fingerprint density at radius 1 is 1.18 bits per heavy atom. The van der Waals surface area contributed by atoms with Gasteiger partial charge < -0.3 is 20.3 Å². The zero-order valence-corrected chi connectivity index (χ0v) is 15.9. The van der Waals surface area contributed by atoms with Crippen molar-refractivity contribution in [3.63, 3.8) is 0 Å². The zero-order valence-electron chi connectivity index (χ0n) is 15.9. The third-order valence-electron chi connectivity index (χ3n) is 4.57. The molecule has 0 spiro atoms. The lowest BCUT2D eigenvalue weighted by atomic mass is 10.1. The predicted molar refractivity (Wildman–Crippen MR) is 106 cm³/mol. The monoisotopic (exact) mass is 381 g/mol. The van der Waals surface area contributed by atoms with E-state index in [1.165, 1.54) is 6.92 Å². The predicted octanol–water partition coefficient (Wildman–Crippen LogP) is 2.32. The number of hydrogen-bond acceptors (Lipinski definition) is 4. The first kappa shape index (κ1) is 19.4. The number of hydrogen-bond donors (Lipinski definition) is 2. The number of anilines is 2. The van der Waals surface area contributed by atoms with E-state index >= 15 is 0 Å². The number of amides is 3. The van der Waals surface area contributed by atoms with Gasteiger partial charge >= 0.3 is 0 Å². The van der Waals surface area contributed by atoms with Crippen molar-refractivity contribution in [2.45, 2.75) is 19.9 Å². The molecule has 2 aromatic rings. The minimum atomic E-state index is -0.414. The van der Waals surface area contributed by atoms with Crippen LogP contribution in [-0.2, 0) is 20.9 Å². The van der Waals surface area contributed by atoms with E-state index < -0.39 is 5.92 Å². The summed E-state index contributed by atoms with van der Waals surface area (Å²) in [7, 11) is 1.59. The molecule has 1 saturated heterocycles. The van der Waals surface area contributed by atoms with Crippen molar-refractivity contribution >= 4 is 29.1 Å². The Kier molecular flexibility index (Phi) is 5.93. The summed E-state index contributed by atoms with van der Waals surface area (Å²) in [5, 5.41) is 5.59. The molecule has 0 unspecified atom stereocenters. The third-order valence-corrected chi connectivity index (χ3v) is 4.57. The molecule has 0 saturated carbocycles. The fourth-order valence-corrected chi connectivity index (χ4v) is 3.20. The second-order valence-corrected chi connectivity index (χ2v) is 6.71. The fraction of sp³-hybridized carbons (Fsp3) is 0.286. The Labute approximate surface area is 163 Å². The van der Waals surface area contributed by atoms with Crippen LogP contribution in [-0.4, -0.2) is 31.4 Å². The van der Waals surface area contributed by atoms with E-state index in [1.54, 1.807) is 36.3 Å². The zero-order chi connectivity index (χ0) is 20.1. The van der Waals surface area contributed by atoms with Crippen molar-refractivity contribution in [3.8, 4) is 5.75 Å². The first-order valence-electron chi connectivity index (χ1n) is 9.05. The van der Waals surface area contributed by atoms with Gasteiger partial charge in [-0.2, -0.15) is 0 Å². The number of methoxy groups -OCH3 is 1. The van der Waals surface area contributed by atoms with Gasteiger partial charge in [-0.15, -0.1) is 0 Å². The largest absolute Gasteiger partial charge is 0.497 e. The standard InChI is InChI=1S/C21H23N3O4/c1-14(25)23-17-6-4-7-18(11-17)24-13-16(10-20(24)26)21(27)22-12-15-5-3-8-19(9-15)28-2/h3-9,11,16H,10,12-13H2,1-2H3,(H,22,27)(H,23,25)/t16-/m0/s1. The molecule has 3 amide bonds. The van der Waals surface area contributed by atoms with Gasteiger partial charge in [0, 0.05) is 37.8 Å². The van der Waals surface area contributed by atoms with Gasteiger partial charge in [0.05, 0.1) is 13.0 Å². The number of ether oxygens (including phenoxy) is 1. The fourth-order valence-electron chi connectivity index (χ4n) is 3.20. The Bertz CT molecular complexity index is 897. The second kappa shape index (κ2) is 8.56. The van der Waals surface area contributed by atoms with Crippen molar-refractivity contribution in [3.05, 3.63) is 54.1 Å². The average Bonchev–Trinajstić information content (AvgIpc) is 3.08. The molecule has 7 heteroatoms. The lowest BCUT2D eigenvalue weighted by molar-refractivity contribution is -0.126. The van der Waals surface area contributed by atoms with Crippen LogP contribution in [0.25, 0.3) is 0 Å². The quantitative estimate of drug-likeness (QED) is 0.804. The molecule has 2 aromatic carbocycles. The number of nitrogens with zero attached hydrogens (tertiary/aromatic N) is 1. The summed E-state index contributed by atoms with van der Waals surface area (Å²) in [6, 6.07) is 14.5.